The van der Waals surface area contributed by atoms with Crippen molar-refractivity contribution in [2.45, 2.75) is 53.0 Å². The number of rotatable bonds is 7. The van der Waals surface area contributed by atoms with Gasteiger partial charge in [-0.1, -0.05) is 13.3 Å². The summed E-state index contributed by atoms with van der Waals surface area (Å²) in [5.41, 5.74) is 0. The van der Waals surface area contributed by atoms with Gasteiger partial charge in [0, 0.05) is 35.3 Å². The van der Waals surface area contributed by atoms with Crippen LogP contribution in [0, 0.1) is 6.92 Å². The normalized spacial score (nSPS) is 13.4. The topological polar surface area (TPSA) is 36.4 Å². The van der Waals surface area contributed by atoms with E-state index in [1.807, 2.05) is 11.3 Å². The second-order valence-corrected chi connectivity index (χ2v) is 6.25. The molecular weight excluding hydrogens is 254 g/mol. The molecular formula is C15H27N3S. The molecule has 3 nitrogen and oxygen atoms in total. The number of aryl methyl sites for hydroxylation is 1. The molecule has 4 heteroatoms. The first kappa shape index (κ1) is 16.0. The smallest absolute Gasteiger partial charge is 0.191 e. The number of aliphatic imine (C=N–C) groups is 1. The summed E-state index contributed by atoms with van der Waals surface area (Å²) in [4.78, 5) is 7.40. The molecule has 2 N–H and O–H groups in total. The summed E-state index contributed by atoms with van der Waals surface area (Å²) in [6.45, 7) is 10.5. The van der Waals surface area contributed by atoms with E-state index in [9.17, 15) is 0 Å². The number of hydrogen-bond donors (Lipinski definition) is 2. The van der Waals surface area contributed by atoms with E-state index >= 15 is 0 Å². The number of thiophene rings is 1. The van der Waals surface area contributed by atoms with E-state index in [4.69, 9.17) is 0 Å². The molecule has 0 saturated carbocycles. The highest BCUT2D eigenvalue weighted by Crippen LogP contribution is 2.16. The zero-order valence-electron chi connectivity index (χ0n) is 12.6. The molecule has 0 aliphatic heterocycles. The molecule has 0 saturated heterocycles. The third-order valence-electron chi connectivity index (χ3n) is 2.81. The number of unbranched alkanes of at least 4 members (excludes halogenated alkanes) is 1. The lowest BCUT2D eigenvalue weighted by molar-refractivity contribution is 0.643. The molecule has 1 atom stereocenters. The minimum absolute atomic E-state index is 0.400. The van der Waals surface area contributed by atoms with Gasteiger partial charge in [-0.25, -0.2) is 0 Å². The predicted octanol–water partition coefficient (Wildman–Crippen LogP) is 3.34. The van der Waals surface area contributed by atoms with E-state index in [-0.39, 0.29) is 0 Å². The Morgan fingerprint density at radius 3 is 2.74 bits per heavy atom. The van der Waals surface area contributed by atoms with Crippen LogP contribution in [0.25, 0.3) is 0 Å². The predicted molar refractivity (Wildman–Crippen MR) is 86.2 cm³/mol. The minimum Gasteiger partial charge on any atom is -0.357 e. The van der Waals surface area contributed by atoms with Gasteiger partial charge in [0.25, 0.3) is 0 Å². The van der Waals surface area contributed by atoms with Crippen LogP contribution in [0.15, 0.2) is 17.1 Å². The van der Waals surface area contributed by atoms with Crippen molar-refractivity contribution in [2.75, 3.05) is 13.1 Å². The Labute approximate surface area is 121 Å². The van der Waals surface area contributed by atoms with E-state index in [2.05, 4.69) is 55.5 Å². The monoisotopic (exact) mass is 281 g/mol. The minimum atomic E-state index is 0.400. The van der Waals surface area contributed by atoms with E-state index in [1.165, 1.54) is 16.2 Å². The number of nitrogens with one attached hydrogen (secondary N) is 2. The fourth-order valence-electron chi connectivity index (χ4n) is 1.85. The van der Waals surface area contributed by atoms with E-state index < -0.39 is 0 Å². The largest absolute Gasteiger partial charge is 0.357 e. The molecule has 0 aromatic carbocycles. The van der Waals surface area contributed by atoms with Gasteiger partial charge in [-0.05, 0) is 39.3 Å². The summed E-state index contributed by atoms with van der Waals surface area (Å²) in [6, 6.07) is 4.81. The van der Waals surface area contributed by atoms with Crippen molar-refractivity contribution in [2.24, 2.45) is 4.99 Å². The van der Waals surface area contributed by atoms with Crippen molar-refractivity contribution >= 4 is 17.3 Å². The van der Waals surface area contributed by atoms with Crippen molar-refractivity contribution in [3.05, 3.63) is 21.9 Å². The van der Waals surface area contributed by atoms with Gasteiger partial charge in [-0.2, -0.15) is 0 Å². The molecule has 1 unspecified atom stereocenters. The Bertz CT molecular complexity index is 384. The van der Waals surface area contributed by atoms with E-state index in [0.29, 0.717) is 6.04 Å². The van der Waals surface area contributed by atoms with E-state index in [0.717, 1.165) is 31.9 Å². The molecule has 1 aromatic heterocycles. The summed E-state index contributed by atoms with van der Waals surface area (Å²) in [6.07, 6.45) is 3.39. The molecule has 0 aliphatic carbocycles. The Kier molecular flexibility index (Phi) is 7.56. The maximum absolute atomic E-state index is 4.59. The Morgan fingerprint density at radius 2 is 2.16 bits per heavy atom. The molecule has 0 radical (unpaired) electrons. The van der Waals surface area contributed by atoms with Crippen molar-refractivity contribution in [1.82, 2.24) is 10.6 Å². The fourth-order valence-corrected chi connectivity index (χ4v) is 2.87. The van der Waals surface area contributed by atoms with Crippen LogP contribution in [-0.2, 0) is 6.42 Å². The van der Waals surface area contributed by atoms with Crippen LogP contribution in [0.2, 0.25) is 0 Å². The number of nitrogens with zero attached hydrogens (tertiary/aromatic N) is 1. The molecule has 1 rings (SSSR count). The van der Waals surface area contributed by atoms with Crippen molar-refractivity contribution in [1.29, 1.82) is 0 Å². The second kappa shape index (κ2) is 8.97. The van der Waals surface area contributed by atoms with Crippen LogP contribution in [0.4, 0.5) is 0 Å². The van der Waals surface area contributed by atoms with Gasteiger partial charge in [0.1, 0.15) is 0 Å². The van der Waals surface area contributed by atoms with Crippen molar-refractivity contribution < 1.29 is 0 Å². The van der Waals surface area contributed by atoms with Crippen LogP contribution in [0.3, 0.4) is 0 Å². The molecule has 0 amide bonds. The van der Waals surface area contributed by atoms with Gasteiger partial charge in [0.15, 0.2) is 5.96 Å². The molecule has 1 aromatic rings. The standard InChI is InChI=1S/C15H27N3S/c1-5-7-10-17-15(16-6-2)18-12(3)11-14-9-8-13(4)19-14/h8-9,12H,5-7,10-11H2,1-4H3,(H2,16,17,18). The summed E-state index contributed by atoms with van der Waals surface area (Å²) in [5, 5.41) is 6.79. The van der Waals surface area contributed by atoms with Gasteiger partial charge in [-0.3, -0.25) is 4.99 Å². The second-order valence-electron chi connectivity index (χ2n) is 4.88. The zero-order valence-corrected chi connectivity index (χ0v) is 13.4. The SMILES string of the molecule is CCCCN=C(NCC)NC(C)Cc1ccc(C)s1. The van der Waals surface area contributed by atoms with Crippen LogP contribution < -0.4 is 10.6 Å². The molecule has 0 spiro atoms. The van der Waals surface area contributed by atoms with Gasteiger partial charge < -0.3 is 10.6 Å². The van der Waals surface area contributed by atoms with Crippen LogP contribution >= 0.6 is 11.3 Å². The summed E-state index contributed by atoms with van der Waals surface area (Å²) in [7, 11) is 0. The molecule has 1 heterocycles. The van der Waals surface area contributed by atoms with Gasteiger partial charge >= 0.3 is 0 Å². The Balaban J connectivity index is 2.45. The molecule has 0 fully saturated rings. The molecule has 108 valence electrons. The van der Waals surface area contributed by atoms with Crippen LogP contribution in [-0.4, -0.2) is 25.1 Å². The lowest BCUT2D eigenvalue weighted by Gasteiger charge is -2.17. The highest BCUT2D eigenvalue weighted by Gasteiger charge is 2.07. The molecule has 0 bridgehead atoms. The van der Waals surface area contributed by atoms with Crippen LogP contribution in [0.5, 0.6) is 0 Å². The Morgan fingerprint density at radius 1 is 1.37 bits per heavy atom. The third kappa shape index (κ3) is 6.62. The molecule has 19 heavy (non-hydrogen) atoms. The van der Waals surface area contributed by atoms with Gasteiger partial charge in [0.2, 0.25) is 0 Å². The van der Waals surface area contributed by atoms with Gasteiger partial charge in [0.05, 0.1) is 0 Å². The number of guanidine groups is 1. The maximum atomic E-state index is 4.59. The van der Waals surface area contributed by atoms with Crippen molar-refractivity contribution in [3.63, 3.8) is 0 Å². The highest BCUT2D eigenvalue weighted by atomic mass is 32.1. The Hall–Kier alpha value is -1.03. The lowest BCUT2D eigenvalue weighted by Crippen LogP contribution is -2.43. The first-order valence-electron chi connectivity index (χ1n) is 7.25. The average molecular weight is 281 g/mol. The van der Waals surface area contributed by atoms with Gasteiger partial charge in [-0.15, -0.1) is 11.3 Å². The first-order chi connectivity index (χ1) is 9.15. The summed E-state index contributed by atoms with van der Waals surface area (Å²) < 4.78 is 0. The average Bonchev–Trinajstić information content (AvgIpc) is 2.75. The van der Waals surface area contributed by atoms with Crippen LogP contribution in [0.1, 0.15) is 43.4 Å². The molecule has 0 aliphatic rings. The fraction of sp³-hybridized carbons (Fsp3) is 0.667. The highest BCUT2D eigenvalue weighted by molar-refractivity contribution is 7.11. The quantitative estimate of drug-likeness (QED) is 0.457. The zero-order chi connectivity index (χ0) is 14.1. The lowest BCUT2D eigenvalue weighted by atomic mass is 10.2. The summed E-state index contributed by atoms with van der Waals surface area (Å²) in [5.74, 6) is 0.941. The third-order valence-corrected chi connectivity index (χ3v) is 3.84. The number of hydrogen-bond acceptors (Lipinski definition) is 2. The summed E-state index contributed by atoms with van der Waals surface area (Å²) >= 11 is 1.88. The maximum Gasteiger partial charge on any atom is 0.191 e. The van der Waals surface area contributed by atoms with E-state index in [1.54, 1.807) is 0 Å². The first-order valence-corrected chi connectivity index (χ1v) is 8.07. The van der Waals surface area contributed by atoms with Crippen molar-refractivity contribution in [3.8, 4) is 0 Å².